The molecule has 1 rings (SSSR count). The Labute approximate surface area is 115 Å². The van der Waals surface area contributed by atoms with Gasteiger partial charge in [0.2, 0.25) is 0 Å². The first-order valence-corrected chi connectivity index (χ1v) is 5.82. The number of carbonyl (C=O) groups is 1. The first kappa shape index (κ1) is 14.8. The van der Waals surface area contributed by atoms with Gasteiger partial charge < -0.3 is 5.73 Å². The number of nitrogens with two attached hydrogens (primary N) is 1. The summed E-state index contributed by atoms with van der Waals surface area (Å²) >= 11 is 11.7. The van der Waals surface area contributed by atoms with E-state index in [0.717, 1.165) is 10.6 Å². The van der Waals surface area contributed by atoms with Gasteiger partial charge in [0.05, 0.1) is 24.1 Å². The highest BCUT2D eigenvalue weighted by Crippen LogP contribution is 2.22. The van der Waals surface area contributed by atoms with Crippen LogP contribution in [0.25, 0.3) is 0 Å². The van der Waals surface area contributed by atoms with Crippen LogP contribution in [0.1, 0.15) is 5.56 Å². The zero-order valence-electron chi connectivity index (χ0n) is 10.1. The van der Waals surface area contributed by atoms with E-state index < -0.39 is 6.03 Å². The van der Waals surface area contributed by atoms with Crippen molar-refractivity contribution in [3.8, 4) is 0 Å². The molecule has 7 heteroatoms. The molecule has 5 nitrogen and oxygen atoms in total. The van der Waals surface area contributed by atoms with Crippen LogP contribution in [-0.2, 0) is 11.4 Å². The van der Waals surface area contributed by atoms with Crippen molar-refractivity contribution in [2.75, 3.05) is 14.1 Å². The van der Waals surface area contributed by atoms with Gasteiger partial charge in [-0.3, -0.25) is 4.58 Å². The van der Waals surface area contributed by atoms with Gasteiger partial charge in [-0.05, 0) is 22.8 Å². The second-order valence-electron chi connectivity index (χ2n) is 3.77. The van der Waals surface area contributed by atoms with E-state index in [2.05, 4.69) is 0 Å². The Kier molecular flexibility index (Phi) is 5.40. The molecule has 18 heavy (non-hydrogen) atoms. The van der Waals surface area contributed by atoms with Gasteiger partial charge in [0, 0.05) is 0 Å². The van der Waals surface area contributed by atoms with Gasteiger partial charge in [0.15, 0.2) is 0 Å². The third-order valence-corrected chi connectivity index (χ3v) is 2.65. The molecular formula is C11H14Cl2N3O2+. The van der Waals surface area contributed by atoms with Gasteiger partial charge in [-0.25, -0.2) is 4.79 Å². The molecule has 0 aromatic heterocycles. The second-order valence-corrected chi connectivity index (χ2v) is 4.58. The molecule has 0 aliphatic carbocycles. The molecule has 2 N–H and O–H groups in total. The number of halogens is 2. The van der Waals surface area contributed by atoms with Gasteiger partial charge >= 0.3 is 6.03 Å². The summed E-state index contributed by atoms with van der Waals surface area (Å²) in [6.07, 6.45) is 1.43. The Bertz CT molecular complexity index is 473. The highest BCUT2D eigenvalue weighted by atomic mass is 35.5. The van der Waals surface area contributed by atoms with Crippen molar-refractivity contribution in [1.82, 2.24) is 5.06 Å². The zero-order chi connectivity index (χ0) is 13.7. The maximum Gasteiger partial charge on any atom is 0.436 e. The van der Waals surface area contributed by atoms with E-state index in [-0.39, 0.29) is 6.61 Å². The van der Waals surface area contributed by atoms with E-state index in [9.17, 15) is 4.79 Å². The molecule has 0 atom stereocenters. The summed E-state index contributed by atoms with van der Waals surface area (Å²) in [4.78, 5) is 16.4. The summed E-state index contributed by atoms with van der Waals surface area (Å²) in [6.45, 7) is 0.157. The number of primary amides is 1. The summed E-state index contributed by atoms with van der Waals surface area (Å²) in [5, 5.41) is 1.84. The Hall–Kier alpha value is -1.30. The molecule has 1 aromatic carbocycles. The van der Waals surface area contributed by atoms with Gasteiger partial charge in [-0.1, -0.05) is 29.3 Å². The smallest absolute Gasteiger partial charge is 0.329 e. The monoisotopic (exact) mass is 290 g/mol. The molecule has 0 saturated heterocycles. The van der Waals surface area contributed by atoms with Crippen molar-refractivity contribution in [3.05, 3.63) is 33.8 Å². The summed E-state index contributed by atoms with van der Waals surface area (Å²) in [6, 6.07) is 4.37. The van der Waals surface area contributed by atoms with E-state index in [4.69, 9.17) is 33.8 Å². The van der Waals surface area contributed by atoms with Crippen LogP contribution in [0.3, 0.4) is 0 Å². The number of hydroxylamine groups is 2. The molecule has 0 saturated carbocycles. The number of urea groups is 1. The van der Waals surface area contributed by atoms with Crippen molar-refractivity contribution >= 4 is 35.6 Å². The molecule has 1 aromatic rings. The summed E-state index contributed by atoms with van der Waals surface area (Å²) in [7, 11) is 3.50. The number of hydrogen-bond acceptors (Lipinski definition) is 2. The van der Waals surface area contributed by atoms with Crippen molar-refractivity contribution in [1.29, 1.82) is 0 Å². The Morgan fingerprint density at radius 1 is 1.44 bits per heavy atom. The molecule has 0 spiro atoms. The number of rotatable bonds is 4. The van der Waals surface area contributed by atoms with Gasteiger partial charge in [0.1, 0.15) is 6.61 Å². The fourth-order valence-corrected chi connectivity index (χ4v) is 1.46. The first-order valence-electron chi connectivity index (χ1n) is 5.07. The third-order valence-electron chi connectivity index (χ3n) is 1.91. The highest BCUT2D eigenvalue weighted by Gasteiger charge is 2.17. The lowest BCUT2D eigenvalue weighted by atomic mass is 10.2. The highest BCUT2D eigenvalue weighted by molar-refractivity contribution is 6.42. The molecule has 2 amide bonds. The molecule has 0 bridgehead atoms. The minimum Gasteiger partial charge on any atom is -0.329 e. The minimum absolute atomic E-state index is 0.157. The lowest BCUT2D eigenvalue weighted by Crippen LogP contribution is -2.36. The number of nitrogens with zero attached hydrogens (tertiary/aromatic N) is 2. The Balaban J connectivity index is 2.70. The lowest BCUT2D eigenvalue weighted by Gasteiger charge is -2.08. The Morgan fingerprint density at radius 2 is 2.11 bits per heavy atom. The molecule has 0 unspecified atom stereocenters. The number of carbonyl (C=O) groups excluding carboxylic acids is 1. The number of benzene rings is 1. The van der Waals surface area contributed by atoms with Gasteiger partial charge in [-0.15, -0.1) is 0 Å². The van der Waals surface area contributed by atoms with Crippen LogP contribution < -0.4 is 5.73 Å². The summed E-state index contributed by atoms with van der Waals surface area (Å²) in [5.41, 5.74) is 5.94. The molecule has 0 fully saturated rings. The standard InChI is InChI=1S/C11H13Cl2N3O2/c1-15(2)7-16(11(14)17)18-6-8-3-4-9(12)10(13)5-8/h3-5,7H,6H2,1-2H3,(H-,14,17)/p+1. The van der Waals surface area contributed by atoms with Gasteiger partial charge in [0.25, 0.3) is 6.34 Å². The van der Waals surface area contributed by atoms with Crippen molar-refractivity contribution in [2.24, 2.45) is 5.73 Å². The lowest BCUT2D eigenvalue weighted by molar-refractivity contribution is -0.467. The maximum absolute atomic E-state index is 11.1. The normalized spacial score (nSPS) is 10.0. The largest absolute Gasteiger partial charge is 0.436 e. The topological polar surface area (TPSA) is 58.6 Å². The average molecular weight is 291 g/mol. The van der Waals surface area contributed by atoms with E-state index in [1.54, 1.807) is 36.9 Å². The Morgan fingerprint density at radius 3 is 2.61 bits per heavy atom. The predicted molar refractivity (Wildman–Crippen MR) is 70.8 cm³/mol. The van der Waals surface area contributed by atoms with Crippen molar-refractivity contribution in [3.63, 3.8) is 0 Å². The molecule has 98 valence electrons. The van der Waals surface area contributed by atoms with E-state index in [0.29, 0.717) is 10.0 Å². The fraction of sp³-hybridized carbons (Fsp3) is 0.273. The van der Waals surface area contributed by atoms with Crippen molar-refractivity contribution in [2.45, 2.75) is 6.61 Å². The van der Waals surface area contributed by atoms with Crippen LogP contribution in [-0.4, -0.2) is 36.1 Å². The number of hydrogen-bond donors (Lipinski definition) is 1. The minimum atomic E-state index is -0.705. The molecule has 0 heterocycles. The quantitative estimate of drug-likeness (QED) is 0.400. The third kappa shape index (κ3) is 4.52. The summed E-state index contributed by atoms with van der Waals surface area (Å²) < 4.78 is 1.64. The van der Waals surface area contributed by atoms with E-state index in [1.807, 2.05) is 0 Å². The summed E-state index contributed by atoms with van der Waals surface area (Å²) in [5.74, 6) is 0. The SMILES string of the molecule is C[N+](C)=CN(OCc1ccc(Cl)c(Cl)c1)C(N)=O. The first-order chi connectivity index (χ1) is 8.40. The van der Waals surface area contributed by atoms with Gasteiger partial charge in [-0.2, -0.15) is 4.84 Å². The van der Waals surface area contributed by atoms with Crippen molar-refractivity contribution < 1.29 is 14.2 Å². The second kappa shape index (κ2) is 6.58. The van der Waals surface area contributed by atoms with Crippen LogP contribution in [0.4, 0.5) is 4.79 Å². The zero-order valence-corrected chi connectivity index (χ0v) is 11.6. The number of amides is 2. The predicted octanol–water partition coefficient (Wildman–Crippen LogP) is 2.11. The fourth-order valence-electron chi connectivity index (χ4n) is 1.14. The van der Waals surface area contributed by atoms with Crippen LogP contribution >= 0.6 is 23.2 Å². The van der Waals surface area contributed by atoms with Crippen LogP contribution in [0, 0.1) is 0 Å². The molecule has 0 aliphatic rings. The van der Waals surface area contributed by atoms with Crippen LogP contribution in [0.5, 0.6) is 0 Å². The maximum atomic E-state index is 11.1. The average Bonchev–Trinajstić information content (AvgIpc) is 2.28. The molecule has 0 radical (unpaired) electrons. The van der Waals surface area contributed by atoms with Crippen LogP contribution in [0.2, 0.25) is 10.0 Å². The van der Waals surface area contributed by atoms with E-state index >= 15 is 0 Å². The van der Waals surface area contributed by atoms with Crippen LogP contribution in [0.15, 0.2) is 18.2 Å². The van der Waals surface area contributed by atoms with E-state index in [1.165, 1.54) is 6.34 Å². The molecule has 0 aliphatic heterocycles. The molecular weight excluding hydrogens is 277 g/mol.